The van der Waals surface area contributed by atoms with E-state index in [1.807, 2.05) is 18.0 Å². The molecule has 0 aromatic heterocycles. The van der Waals surface area contributed by atoms with Crippen molar-refractivity contribution in [3.05, 3.63) is 23.8 Å². The summed E-state index contributed by atoms with van der Waals surface area (Å²) >= 11 is 0. The van der Waals surface area contributed by atoms with Crippen LogP contribution in [0.25, 0.3) is 0 Å². The normalized spacial score (nSPS) is 21.3. The molecule has 2 fully saturated rings. The van der Waals surface area contributed by atoms with Crippen molar-refractivity contribution in [2.75, 3.05) is 43.0 Å². The molecule has 0 atom stereocenters. The number of anilines is 2. The Bertz CT molecular complexity index is 631. The Morgan fingerprint density at radius 3 is 2.55 bits per heavy atom. The zero-order valence-corrected chi connectivity index (χ0v) is 12.9. The zero-order chi connectivity index (χ0) is 15.3. The van der Waals surface area contributed by atoms with Gasteiger partial charge in [0.1, 0.15) is 0 Å². The van der Waals surface area contributed by atoms with Gasteiger partial charge in [-0.25, -0.2) is 0 Å². The summed E-state index contributed by atoms with van der Waals surface area (Å²) in [6.45, 7) is 3.37. The fourth-order valence-electron chi connectivity index (χ4n) is 3.43. The number of nitrogens with zero attached hydrogens (tertiary/aromatic N) is 3. The van der Waals surface area contributed by atoms with Crippen LogP contribution in [0.2, 0.25) is 0 Å². The third-order valence-corrected chi connectivity index (χ3v) is 5.02. The van der Waals surface area contributed by atoms with E-state index < -0.39 is 0 Å². The van der Waals surface area contributed by atoms with Gasteiger partial charge in [-0.2, -0.15) is 0 Å². The number of amides is 2. The molecule has 0 radical (unpaired) electrons. The van der Waals surface area contributed by atoms with Crippen LogP contribution in [-0.2, 0) is 16.0 Å². The highest BCUT2D eigenvalue weighted by Crippen LogP contribution is 2.33. The summed E-state index contributed by atoms with van der Waals surface area (Å²) in [5.41, 5.74) is 3.30. The van der Waals surface area contributed by atoms with E-state index in [9.17, 15) is 9.59 Å². The van der Waals surface area contributed by atoms with Gasteiger partial charge >= 0.3 is 0 Å². The van der Waals surface area contributed by atoms with Crippen molar-refractivity contribution >= 4 is 23.2 Å². The molecule has 4 rings (SSSR count). The van der Waals surface area contributed by atoms with E-state index in [1.54, 1.807) is 4.90 Å². The van der Waals surface area contributed by atoms with E-state index in [-0.39, 0.29) is 5.91 Å². The average molecular weight is 299 g/mol. The quantitative estimate of drug-likeness (QED) is 0.826. The highest BCUT2D eigenvalue weighted by molar-refractivity contribution is 6.01. The van der Waals surface area contributed by atoms with Crippen LogP contribution in [0.3, 0.4) is 0 Å². The molecule has 2 aliphatic heterocycles. The van der Waals surface area contributed by atoms with Crippen LogP contribution < -0.4 is 9.80 Å². The Labute approximate surface area is 130 Å². The minimum absolute atomic E-state index is 0.159. The molecule has 116 valence electrons. The van der Waals surface area contributed by atoms with Gasteiger partial charge in [0, 0.05) is 50.5 Å². The lowest BCUT2D eigenvalue weighted by Crippen LogP contribution is -2.49. The van der Waals surface area contributed by atoms with Crippen molar-refractivity contribution in [3.8, 4) is 0 Å². The second kappa shape index (κ2) is 5.00. The molecule has 1 saturated heterocycles. The van der Waals surface area contributed by atoms with Crippen molar-refractivity contribution in [3.63, 3.8) is 0 Å². The van der Waals surface area contributed by atoms with E-state index >= 15 is 0 Å². The maximum Gasteiger partial charge on any atom is 0.231 e. The molecule has 0 spiro atoms. The smallest absolute Gasteiger partial charge is 0.231 e. The third kappa shape index (κ3) is 2.25. The van der Waals surface area contributed by atoms with Crippen LogP contribution in [0, 0.1) is 5.92 Å². The minimum atomic E-state index is 0.159. The van der Waals surface area contributed by atoms with Crippen LogP contribution in [0.5, 0.6) is 0 Å². The van der Waals surface area contributed by atoms with Gasteiger partial charge in [0.15, 0.2) is 0 Å². The van der Waals surface area contributed by atoms with Crippen LogP contribution >= 0.6 is 0 Å². The number of hydrogen-bond acceptors (Lipinski definition) is 3. The van der Waals surface area contributed by atoms with E-state index in [2.05, 4.69) is 17.0 Å². The molecule has 0 N–H and O–H groups in total. The van der Waals surface area contributed by atoms with Crippen molar-refractivity contribution in [1.29, 1.82) is 0 Å². The highest BCUT2D eigenvalue weighted by atomic mass is 16.2. The molecule has 2 amide bonds. The molecular formula is C17H21N3O2. The van der Waals surface area contributed by atoms with Gasteiger partial charge in [0.25, 0.3) is 0 Å². The zero-order valence-electron chi connectivity index (χ0n) is 12.9. The monoisotopic (exact) mass is 299 g/mol. The molecule has 1 aromatic carbocycles. The second-order valence-corrected chi connectivity index (χ2v) is 6.53. The van der Waals surface area contributed by atoms with E-state index in [0.29, 0.717) is 18.2 Å². The summed E-state index contributed by atoms with van der Waals surface area (Å²) in [5, 5.41) is 0. The average Bonchev–Trinajstić information content (AvgIpc) is 3.34. The first kappa shape index (κ1) is 13.6. The van der Waals surface area contributed by atoms with Crippen LogP contribution in [0.1, 0.15) is 18.4 Å². The lowest BCUT2D eigenvalue weighted by atomic mass is 10.1. The number of carbonyl (C=O) groups excluding carboxylic acids is 2. The van der Waals surface area contributed by atoms with Crippen molar-refractivity contribution in [2.24, 2.45) is 5.92 Å². The maximum absolute atomic E-state index is 12.1. The van der Waals surface area contributed by atoms with Crippen LogP contribution in [0.15, 0.2) is 18.2 Å². The summed E-state index contributed by atoms with van der Waals surface area (Å²) in [6.07, 6.45) is 2.65. The Kier molecular flexibility index (Phi) is 3.10. The second-order valence-electron chi connectivity index (χ2n) is 6.53. The number of carbonyl (C=O) groups is 2. The van der Waals surface area contributed by atoms with E-state index in [0.717, 1.165) is 50.3 Å². The van der Waals surface area contributed by atoms with Gasteiger partial charge in [-0.3, -0.25) is 9.59 Å². The molecule has 1 saturated carbocycles. The first-order valence-corrected chi connectivity index (χ1v) is 8.07. The van der Waals surface area contributed by atoms with Gasteiger partial charge in [-0.1, -0.05) is 0 Å². The molecule has 2 heterocycles. The first-order valence-electron chi connectivity index (χ1n) is 8.07. The van der Waals surface area contributed by atoms with Gasteiger partial charge in [-0.05, 0) is 36.6 Å². The number of fused-ring (bicyclic) bond motifs is 1. The number of benzene rings is 1. The Hall–Kier alpha value is -2.04. The fraction of sp³-hybridized carbons (Fsp3) is 0.529. The maximum atomic E-state index is 12.1. The standard InChI is InChI=1S/C17H21N3O2/c1-18-15-5-4-14(10-13(15)11-16(18)21)19-6-8-20(9-7-19)17(22)12-2-3-12/h4-5,10,12H,2-3,6-9,11H2,1H3. The Morgan fingerprint density at radius 1 is 1.14 bits per heavy atom. The summed E-state index contributed by atoms with van der Waals surface area (Å²) in [6, 6.07) is 6.26. The number of piperazine rings is 1. The summed E-state index contributed by atoms with van der Waals surface area (Å²) in [7, 11) is 1.83. The van der Waals surface area contributed by atoms with Crippen LogP contribution in [0.4, 0.5) is 11.4 Å². The number of likely N-dealkylation sites (N-methyl/N-ethyl adjacent to an activating group) is 1. The lowest BCUT2D eigenvalue weighted by Gasteiger charge is -2.36. The highest BCUT2D eigenvalue weighted by Gasteiger charge is 2.34. The molecule has 1 aromatic rings. The predicted octanol–water partition coefficient (Wildman–Crippen LogP) is 1.26. The third-order valence-electron chi connectivity index (χ3n) is 5.02. The molecule has 5 heteroatoms. The number of rotatable bonds is 2. The van der Waals surface area contributed by atoms with Crippen molar-refractivity contribution in [1.82, 2.24) is 4.90 Å². The van der Waals surface area contributed by atoms with Crippen molar-refractivity contribution in [2.45, 2.75) is 19.3 Å². The van der Waals surface area contributed by atoms with E-state index in [1.165, 1.54) is 5.69 Å². The fourth-order valence-corrected chi connectivity index (χ4v) is 3.43. The molecule has 22 heavy (non-hydrogen) atoms. The van der Waals surface area contributed by atoms with Gasteiger partial charge in [-0.15, -0.1) is 0 Å². The predicted molar refractivity (Wildman–Crippen MR) is 85.1 cm³/mol. The van der Waals surface area contributed by atoms with Crippen LogP contribution in [-0.4, -0.2) is 49.9 Å². The van der Waals surface area contributed by atoms with Gasteiger partial charge in [0.2, 0.25) is 11.8 Å². The SMILES string of the molecule is CN1C(=O)Cc2cc(N3CCN(C(=O)C4CC4)CC3)ccc21. The molecule has 0 unspecified atom stereocenters. The largest absolute Gasteiger partial charge is 0.368 e. The molecule has 3 aliphatic rings. The molecular weight excluding hydrogens is 278 g/mol. The summed E-state index contributed by atoms with van der Waals surface area (Å²) < 4.78 is 0. The lowest BCUT2D eigenvalue weighted by molar-refractivity contribution is -0.132. The molecule has 1 aliphatic carbocycles. The van der Waals surface area contributed by atoms with Gasteiger partial charge in [0.05, 0.1) is 6.42 Å². The van der Waals surface area contributed by atoms with Crippen molar-refractivity contribution < 1.29 is 9.59 Å². The summed E-state index contributed by atoms with van der Waals surface area (Å²) in [5.74, 6) is 0.820. The number of hydrogen-bond donors (Lipinski definition) is 0. The molecule has 0 bridgehead atoms. The Morgan fingerprint density at radius 2 is 1.86 bits per heavy atom. The topological polar surface area (TPSA) is 43.9 Å². The molecule has 5 nitrogen and oxygen atoms in total. The first-order chi connectivity index (χ1) is 10.6. The minimum Gasteiger partial charge on any atom is -0.368 e. The van der Waals surface area contributed by atoms with E-state index in [4.69, 9.17) is 0 Å². The summed E-state index contributed by atoms with van der Waals surface area (Å²) in [4.78, 5) is 29.9. The van der Waals surface area contributed by atoms with Gasteiger partial charge < -0.3 is 14.7 Å². The Balaban J connectivity index is 1.45.